The zero-order chi connectivity index (χ0) is 19.3. The molecule has 3 amide bonds. The van der Waals surface area contributed by atoms with Crippen molar-refractivity contribution in [3.63, 3.8) is 0 Å². The third kappa shape index (κ3) is 2.87. The molecule has 1 aliphatic carbocycles. The van der Waals surface area contributed by atoms with Gasteiger partial charge in [0.1, 0.15) is 5.54 Å². The summed E-state index contributed by atoms with van der Waals surface area (Å²) in [5.74, 6) is -0.259. The normalized spacial score (nSPS) is 25.1. The molecule has 2 atom stereocenters. The Morgan fingerprint density at radius 1 is 1.07 bits per heavy atom. The summed E-state index contributed by atoms with van der Waals surface area (Å²) in [6.45, 7) is 0. The maximum Gasteiger partial charge on any atom is 0.332 e. The third-order valence-electron chi connectivity index (χ3n) is 5.66. The molecule has 2 aromatic carbocycles. The Bertz CT molecular complexity index is 914. The van der Waals surface area contributed by atoms with E-state index in [1.54, 1.807) is 30.1 Å². The Kier molecular flexibility index (Phi) is 4.73. The first-order chi connectivity index (χ1) is 12.8. The summed E-state index contributed by atoms with van der Waals surface area (Å²) in [5.41, 5.74) is 0.599. The number of carbonyl (C=O) groups is 2. The Labute approximate surface area is 176 Å². The van der Waals surface area contributed by atoms with Gasteiger partial charge in [0, 0.05) is 27.5 Å². The summed E-state index contributed by atoms with van der Waals surface area (Å²) < 4.78 is 0.982. The predicted octanol–water partition coefficient (Wildman–Crippen LogP) is 5.86. The average molecular weight is 468 g/mol. The number of anilines is 1. The van der Waals surface area contributed by atoms with Crippen LogP contribution in [0.25, 0.3) is 0 Å². The standard InChI is InChI=1S/C20H17BrCl2N2O2/c1-24-19(27)25(16-10-14(22)9-15(23)11-16)18(26)20(24)8-2-3-17(20)12-4-6-13(21)7-5-12/h4-7,9-11,17H,2-3,8H2,1H3/t17-,20?/m0/s1. The second-order valence-corrected chi connectivity index (χ2v) is 8.82. The van der Waals surface area contributed by atoms with Crippen molar-refractivity contribution in [3.05, 3.63) is 62.5 Å². The van der Waals surface area contributed by atoms with E-state index < -0.39 is 5.54 Å². The molecule has 27 heavy (non-hydrogen) atoms. The Hall–Kier alpha value is -1.56. The zero-order valence-electron chi connectivity index (χ0n) is 14.6. The van der Waals surface area contributed by atoms with Crippen LogP contribution < -0.4 is 4.90 Å². The van der Waals surface area contributed by atoms with Gasteiger partial charge in [0.05, 0.1) is 5.69 Å². The number of likely N-dealkylation sites (N-methyl/N-ethyl adjacent to an activating group) is 1. The van der Waals surface area contributed by atoms with Gasteiger partial charge in [-0.3, -0.25) is 4.79 Å². The van der Waals surface area contributed by atoms with Gasteiger partial charge in [0.15, 0.2) is 0 Å². The summed E-state index contributed by atoms with van der Waals surface area (Å²) in [4.78, 5) is 29.5. The number of carbonyl (C=O) groups excluding carboxylic acids is 2. The molecule has 1 unspecified atom stereocenters. The number of rotatable bonds is 2. The smallest absolute Gasteiger partial charge is 0.312 e. The minimum atomic E-state index is -0.875. The molecule has 1 heterocycles. The number of benzene rings is 2. The zero-order valence-corrected chi connectivity index (χ0v) is 17.7. The predicted molar refractivity (Wildman–Crippen MR) is 111 cm³/mol. The molecule has 0 radical (unpaired) electrons. The van der Waals surface area contributed by atoms with Crippen molar-refractivity contribution in [1.29, 1.82) is 0 Å². The molecule has 1 saturated carbocycles. The SMILES string of the molecule is CN1C(=O)N(c2cc(Cl)cc(Cl)c2)C(=O)C12CCC[C@H]2c1ccc(Br)cc1. The summed E-state index contributed by atoms with van der Waals surface area (Å²) in [7, 11) is 1.71. The summed E-state index contributed by atoms with van der Waals surface area (Å²) in [5, 5.41) is 0.773. The van der Waals surface area contributed by atoms with Crippen LogP contribution in [0.2, 0.25) is 10.0 Å². The number of hydrogen-bond acceptors (Lipinski definition) is 2. The van der Waals surface area contributed by atoms with Gasteiger partial charge >= 0.3 is 6.03 Å². The van der Waals surface area contributed by atoms with Crippen LogP contribution in [0.4, 0.5) is 10.5 Å². The van der Waals surface area contributed by atoms with Gasteiger partial charge in [0.25, 0.3) is 5.91 Å². The molecule has 0 aromatic heterocycles. The number of amides is 3. The van der Waals surface area contributed by atoms with Gasteiger partial charge in [-0.25, -0.2) is 9.69 Å². The van der Waals surface area contributed by atoms with Crippen molar-refractivity contribution in [2.24, 2.45) is 0 Å². The van der Waals surface area contributed by atoms with E-state index in [-0.39, 0.29) is 17.9 Å². The number of urea groups is 1. The first-order valence-electron chi connectivity index (χ1n) is 8.68. The van der Waals surface area contributed by atoms with Crippen molar-refractivity contribution in [2.45, 2.75) is 30.7 Å². The van der Waals surface area contributed by atoms with E-state index in [0.29, 0.717) is 22.2 Å². The van der Waals surface area contributed by atoms with E-state index in [9.17, 15) is 9.59 Å². The quantitative estimate of drug-likeness (QED) is 0.519. The van der Waals surface area contributed by atoms with E-state index in [2.05, 4.69) is 15.9 Å². The molecule has 2 fully saturated rings. The molecule has 1 spiro atoms. The van der Waals surface area contributed by atoms with Crippen LogP contribution in [0.1, 0.15) is 30.7 Å². The molecule has 4 nitrogen and oxygen atoms in total. The van der Waals surface area contributed by atoms with Crippen LogP contribution in [0.5, 0.6) is 0 Å². The van der Waals surface area contributed by atoms with E-state index in [1.807, 2.05) is 24.3 Å². The molecular formula is C20H17BrCl2N2O2. The minimum absolute atomic E-state index is 0.0493. The van der Waals surface area contributed by atoms with Crippen molar-refractivity contribution in [3.8, 4) is 0 Å². The highest BCUT2D eigenvalue weighted by Crippen LogP contribution is 2.51. The van der Waals surface area contributed by atoms with Crippen molar-refractivity contribution in [1.82, 2.24) is 4.90 Å². The number of nitrogens with zero attached hydrogens (tertiary/aromatic N) is 2. The van der Waals surface area contributed by atoms with Crippen molar-refractivity contribution >= 4 is 56.8 Å². The number of hydrogen-bond donors (Lipinski definition) is 0. The van der Waals surface area contributed by atoms with Gasteiger partial charge in [-0.15, -0.1) is 0 Å². The first-order valence-corrected chi connectivity index (χ1v) is 10.2. The third-order valence-corrected chi connectivity index (χ3v) is 6.62. The van der Waals surface area contributed by atoms with Gasteiger partial charge in [-0.1, -0.05) is 51.3 Å². The number of halogens is 3. The van der Waals surface area contributed by atoms with Gasteiger partial charge < -0.3 is 4.90 Å². The molecule has 2 aliphatic rings. The summed E-state index contributed by atoms with van der Waals surface area (Å²) in [6.07, 6.45) is 2.38. The largest absolute Gasteiger partial charge is 0.332 e. The molecule has 0 N–H and O–H groups in total. The molecular weight excluding hydrogens is 451 g/mol. The Morgan fingerprint density at radius 3 is 2.33 bits per heavy atom. The topological polar surface area (TPSA) is 40.6 Å². The van der Waals surface area contributed by atoms with Crippen LogP contribution in [-0.2, 0) is 4.79 Å². The molecule has 140 valence electrons. The summed E-state index contributed by atoms with van der Waals surface area (Å²) >= 11 is 15.6. The lowest BCUT2D eigenvalue weighted by atomic mass is 9.81. The lowest BCUT2D eigenvalue weighted by Gasteiger charge is -2.34. The fraction of sp³-hybridized carbons (Fsp3) is 0.300. The second kappa shape index (κ2) is 6.80. The lowest BCUT2D eigenvalue weighted by Crippen LogP contribution is -2.49. The van der Waals surface area contributed by atoms with Crippen LogP contribution in [0.3, 0.4) is 0 Å². The van der Waals surface area contributed by atoms with Gasteiger partial charge in [0.2, 0.25) is 0 Å². The molecule has 4 rings (SSSR count). The second-order valence-electron chi connectivity index (χ2n) is 7.03. The van der Waals surface area contributed by atoms with Crippen molar-refractivity contribution in [2.75, 3.05) is 11.9 Å². The highest BCUT2D eigenvalue weighted by Gasteiger charge is 2.62. The van der Waals surface area contributed by atoms with Crippen LogP contribution in [-0.4, -0.2) is 29.4 Å². The maximum absolute atomic E-state index is 13.6. The molecule has 7 heteroatoms. The Morgan fingerprint density at radius 2 is 1.70 bits per heavy atom. The molecule has 1 saturated heterocycles. The molecule has 2 aromatic rings. The van der Waals surface area contributed by atoms with E-state index in [4.69, 9.17) is 23.2 Å². The summed E-state index contributed by atoms with van der Waals surface area (Å²) in [6, 6.07) is 12.4. The highest BCUT2D eigenvalue weighted by molar-refractivity contribution is 9.10. The minimum Gasteiger partial charge on any atom is -0.312 e. The molecule has 0 bridgehead atoms. The van der Waals surface area contributed by atoms with Crippen LogP contribution in [0, 0.1) is 0 Å². The van der Waals surface area contributed by atoms with Gasteiger partial charge in [-0.05, 0) is 55.2 Å². The monoisotopic (exact) mass is 466 g/mol. The lowest BCUT2D eigenvalue weighted by molar-refractivity contribution is -0.125. The van der Waals surface area contributed by atoms with E-state index in [0.717, 1.165) is 22.9 Å². The van der Waals surface area contributed by atoms with E-state index in [1.165, 1.54) is 4.90 Å². The Balaban J connectivity index is 1.80. The van der Waals surface area contributed by atoms with Crippen LogP contribution >= 0.6 is 39.1 Å². The van der Waals surface area contributed by atoms with Crippen LogP contribution in [0.15, 0.2) is 46.9 Å². The highest BCUT2D eigenvalue weighted by atomic mass is 79.9. The molecule has 1 aliphatic heterocycles. The fourth-order valence-corrected chi connectivity index (χ4v) is 5.20. The van der Waals surface area contributed by atoms with Crippen molar-refractivity contribution < 1.29 is 9.59 Å². The average Bonchev–Trinajstić information content (AvgIpc) is 3.13. The first kappa shape index (κ1) is 18.8. The van der Waals surface area contributed by atoms with E-state index >= 15 is 0 Å². The fourth-order valence-electron chi connectivity index (χ4n) is 4.42. The maximum atomic E-state index is 13.6. The number of imide groups is 1. The van der Waals surface area contributed by atoms with Gasteiger partial charge in [-0.2, -0.15) is 0 Å².